The summed E-state index contributed by atoms with van der Waals surface area (Å²) in [5, 5.41) is 1.74. The van der Waals surface area contributed by atoms with Crippen molar-refractivity contribution in [2.75, 3.05) is 7.11 Å². The summed E-state index contributed by atoms with van der Waals surface area (Å²) in [6, 6.07) is 25.7. The van der Waals surface area contributed by atoms with Gasteiger partial charge in [0.1, 0.15) is 5.75 Å². The molecule has 0 fully saturated rings. The molecule has 4 aromatic rings. The van der Waals surface area contributed by atoms with E-state index in [1.54, 1.807) is 49.6 Å². The van der Waals surface area contributed by atoms with Crippen molar-refractivity contribution in [1.82, 2.24) is 0 Å². The lowest BCUT2D eigenvalue weighted by Crippen LogP contribution is -2.12. The molecule has 4 rings (SSSR count). The highest BCUT2D eigenvalue weighted by atomic mass is 16.5. The molecule has 0 radical (unpaired) electrons. The molecule has 0 N–H and O–H groups in total. The van der Waals surface area contributed by atoms with Crippen LogP contribution in [-0.4, -0.2) is 18.7 Å². The number of ether oxygens (including phenoxy) is 1. The van der Waals surface area contributed by atoms with Crippen molar-refractivity contribution in [2.45, 2.75) is 6.92 Å². The van der Waals surface area contributed by atoms with Gasteiger partial charge in [-0.25, -0.2) is 0 Å². The number of carbonyl (C=O) groups is 2. The monoisotopic (exact) mass is 380 g/mol. The van der Waals surface area contributed by atoms with Crippen molar-refractivity contribution in [3.05, 3.63) is 113 Å². The van der Waals surface area contributed by atoms with Crippen LogP contribution in [0, 0.1) is 6.92 Å². The van der Waals surface area contributed by atoms with Crippen molar-refractivity contribution in [3.8, 4) is 5.75 Å². The van der Waals surface area contributed by atoms with Crippen LogP contribution in [0.25, 0.3) is 10.8 Å². The molecule has 0 aliphatic rings. The quantitative estimate of drug-likeness (QED) is 0.422. The number of aryl methyl sites for hydroxylation is 1. The number of fused-ring (bicyclic) bond motifs is 1. The fourth-order valence-corrected chi connectivity index (χ4v) is 3.53. The number of hydrogen-bond donors (Lipinski definition) is 0. The smallest absolute Gasteiger partial charge is 0.198 e. The van der Waals surface area contributed by atoms with E-state index in [1.807, 2.05) is 49.4 Å². The molecule has 0 saturated carbocycles. The van der Waals surface area contributed by atoms with E-state index in [9.17, 15) is 9.59 Å². The van der Waals surface area contributed by atoms with Gasteiger partial charge in [0, 0.05) is 16.7 Å². The summed E-state index contributed by atoms with van der Waals surface area (Å²) in [6.07, 6.45) is 0. The van der Waals surface area contributed by atoms with Crippen LogP contribution in [0.5, 0.6) is 5.75 Å². The Morgan fingerprint density at radius 3 is 2.00 bits per heavy atom. The Morgan fingerprint density at radius 1 is 0.690 bits per heavy atom. The average Bonchev–Trinajstić information content (AvgIpc) is 2.78. The minimum absolute atomic E-state index is 0.173. The van der Waals surface area contributed by atoms with Gasteiger partial charge in [0.15, 0.2) is 11.6 Å². The van der Waals surface area contributed by atoms with Crippen molar-refractivity contribution < 1.29 is 14.3 Å². The third-order valence-corrected chi connectivity index (χ3v) is 5.07. The molecule has 3 nitrogen and oxygen atoms in total. The molecule has 0 heterocycles. The minimum Gasteiger partial charge on any atom is -0.496 e. The molecule has 0 atom stereocenters. The number of benzene rings is 4. The first-order chi connectivity index (χ1) is 14.1. The van der Waals surface area contributed by atoms with Crippen molar-refractivity contribution in [1.29, 1.82) is 0 Å². The zero-order valence-electron chi connectivity index (χ0n) is 16.3. The van der Waals surface area contributed by atoms with Gasteiger partial charge in [0.05, 0.1) is 12.7 Å². The lowest BCUT2D eigenvalue weighted by molar-refractivity contribution is 0.100. The van der Waals surface area contributed by atoms with E-state index < -0.39 is 0 Å². The van der Waals surface area contributed by atoms with Gasteiger partial charge in [-0.05, 0) is 23.8 Å². The maximum absolute atomic E-state index is 13.6. The van der Waals surface area contributed by atoms with Gasteiger partial charge in [-0.2, -0.15) is 0 Å². The molecule has 0 unspecified atom stereocenters. The number of ketones is 2. The van der Waals surface area contributed by atoms with Crippen molar-refractivity contribution in [2.24, 2.45) is 0 Å². The Kier molecular flexibility index (Phi) is 4.96. The Balaban J connectivity index is 1.87. The van der Waals surface area contributed by atoms with Crippen LogP contribution < -0.4 is 4.74 Å². The predicted octanol–water partition coefficient (Wildman–Crippen LogP) is 5.62. The summed E-state index contributed by atoms with van der Waals surface area (Å²) >= 11 is 0. The SMILES string of the molecule is COc1ccc2ccccc2c1C(=O)c1ccccc1C(=O)c1ccc(C)cc1. The number of methoxy groups -OCH3 is 1. The zero-order valence-corrected chi connectivity index (χ0v) is 16.3. The second-order valence-corrected chi connectivity index (χ2v) is 6.93. The van der Waals surface area contributed by atoms with Crippen LogP contribution in [0.2, 0.25) is 0 Å². The number of rotatable bonds is 5. The maximum atomic E-state index is 13.6. The van der Waals surface area contributed by atoms with E-state index in [2.05, 4.69) is 0 Å². The van der Waals surface area contributed by atoms with E-state index in [0.29, 0.717) is 28.0 Å². The zero-order chi connectivity index (χ0) is 20.4. The normalized spacial score (nSPS) is 10.7. The molecule has 0 bridgehead atoms. The molecule has 4 aromatic carbocycles. The molecule has 0 saturated heterocycles. The first-order valence-corrected chi connectivity index (χ1v) is 9.41. The van der Waals surface area contributed by atoms with Gasteiger partial charge in [0.25, 0.3) is 0 Å². The van der Waals surface area contributed by atoms with E-state index in [0.717, 1.165) is 16.3 Å². The Labute approximate surface area is 169 Å². The summed E-state index contributed by atoms with van der Waals surface area (Å²) in [5.74, 6) is 0.0918. The lowest BCUT2D eigenvalue weighted by atomic mass is 9.90. The molecule has 0 aliphatic heterocycles. The number of hydrogen-bond acceptors (Lipinski definition) is 3. The van der Waals surface area contributed by atoms with E-state index >= 15 is 0 Å². The third kappa shape index (κ3) is 3.43. The minimum atomic E-state index is -0.227. The highest BCUT2D eigenvalue weighted by Gasteiger charge is 2.23. The molecule has 0 amide bonds. The molecule has 142 valence electrons. The summed E-state index contributed by atoms with van der Waals surface area (Å²) in [4.78, 5) is 26.8. The summed E-state index contributed by atoms with van der Waals surface area (Å²) < 4.78 is 5.49. The van der Waals surface area contributed by atoms with E-state index in [1.165, 1.54) is 0 Å². The van der Waals surface area contributed by atoms with Crippen LogP contribution in [-0.2, 0) is 0 Å². The Hall–Kier alpha value is -3.72. The van der Waals surface area contributed by atoms with Crippen LogP contribution >= 0.6 is 0 Å². The predicted molar refractivity (Wildman–Crippen MR) is 115 cm³/mol. The van der Waals surface area contributed by atoms with Crippen LogP contribution in [0.3, 0.4) is 0 Å². The fraction of sp³-hybridized carbons (Fsp3) is 0.0769. The maximum Gasteiger partial charge on any atom is 0.198 e. The van der Waals surface area contributed by atoms with Crippen LogP contribution in [0.1, 0.15) is 37.4 Å². The first kappa shape index (κ1) is 18.6. The molecule has 0 aliphatic carbocycles. The highest BCUT2D eigenvalue weighted by molar-refractivity contribution is 6.23. The van der Waals surface area contributed by atoms with Gasteiger partial charge in [0.2, 0.25) is 0 Å². The van der Waals surface area contributed by atoms with Gasteiger partial charge in [-0.3, -0.25) is 9.59 Å². The Bertz CT molecular complexity index is 1220. The molecule has 3 heteroatoms. The van der Waals surface area contributed by atoms with Crippen molar-refractivity contribution in [3.63, 3.8) is 0 Å². The summed E-state index contributed by atoms with van der Waals surface area (Å²) in [5.41, 5.74) is 2.85. The van der Waals surface area contributed by atoms with Gasteiger partial charge in [-0.1, -0.05) is 84.4 Å². The molecule has 29 heavy (non-hydrogen) atoms. The van der Waals surface area contributed by atoms with Crippen LogP contribution in [0.4, 0.5) is 0 Å². The third-order valence-electron chi connectivity index (χ3n) is 5.07. The van der Waals surface area contributed by atoms with Crippen molar-refractivity contribution >= 4 is 22.3 Å². The first-order valence-electron chi connectivity index (χ1n) is 9.41. The molecule has 0 spiro atoms. The molecular formula is C26H20O3. The van der Waals surface area contributed by atoms with E-state index in [-0.39, 0.29) is 11.6 Å². The summed E-state index contributed by atoms with van der Waals surface area (Å²) in [7, 11) is 1.55. The van der Waals surface area contributed by atoms with Gasteiger partial charge < -0.3 is 4.74 Å². The molecular weight excluding hydrogens is 360 g/mol. The topological polar surface area (TPSA) is 43.4 Å². The largest absolute Gasteiger partial charge is 0.496 e. The number of carbonyl (C=O) groups excluding carboxylic acids is 2. The average molecular weight is 380 g/mol. The molecule has 0 aromatic heterocycles. The van der Waals surface area contributed by atoms with Crippen LogP contribution in [0.15, 0.2) is 84.9 Å². The summed E-state index contributed by atoms with van der Waals surface area (Å²) in [6.45, 7) is 1.97. The van der Waals surface area contributed by atoms with Gasteiger partial charge >= 0.3 is 0 Å². The second-order valence-electron chi connectivity index (χ2n) is 6.93. The second kappa shape index (κ2) is 7.72. The lowest BCUT2D eigenvalue weighted by Gasteiger charge is -2.13. The van der Waals surface area contributed by atoms with Gasteiger partial charge in [-0.15, -0.1) is 0 Å². The Morgan fingerprint density at radius 2 is 1.31 bits per heavy atom. The fourth-order valence-electron chi connectivity index (χ4n) is 3.53. The van der Waals surface area contributed by atoms with E-state index in [4.69, 9.17) is 4.74 Å². The standard InChI is InChI=1S/C26H20O3/c1-17-11-13-19(14-12-17)25(27)21-9-5-6-10-22(21)26(28)24-20-8-4-3-7-18(20)15-16-23(24)29-2/h3-16H,1-2H3. The highest BCUT2D eigenvalue weighted by Crippen LogP contribution is 2.31.